The van der Waals surface area contributed by atoms with Crippen molar-refractivity contribution in [1.29, 1.82) is 0 Å². The molecule has 1 aliphatic heterocycles. The third-order valence-electron chi connectivity index (χ3n) is 4.74. The first kappa shape index (κ1) is 20.6. The Morgan fingerprint density at radius 1 is 1.35 bits per heavy atom. The van der Waals surface area contributed by atoms with Crippen LogP contribution in [0.25, 0.3) is 0 Å². The van der Waals surface area contributed by atoms with Gasteiger partial charge in [0.2, 0.25) is 5.91 Å². The van der Waals surface area contributed by atoms with Gasteiger partial charge in [0, 0.05) is 23.9 Å². The zero-order valence-electron chi connectivity index (χ0n) is 15.2. The van der Waals surface area contributed by atoms with Crippen LogP contribution in [-0.4, -0.2) is 38.1 Å². The molecule has 3 rings (SSSR count). The lowest BCUT2D eigenvalue weighted by Gasteiger charge is -2.38. The average molecular weight is 397 g/mol. The Bertz CT molecular complexity index is 751. The third kappa shape index (κ3) is 3.68. The van der Waals surface area contributed by atoms with Crippen LogP contribution in [-0.2, 0) is 11.2 Å². The average Bonchev–Trinajstić information content (AvgIpc) is 3.18. The maximum atomic E-state index is 12.9. The smallest absolute Gasteiger partial charge is 0.227 e. The Kier molecular flexibility index (Phi) is 6.92. The predicted molar refractivity (Wildman–Crippen MR) is 107 cm³/mol. The Labute approximate surface area is 164 Å². The zero-order chi connectivity index (χ0) is 18.0. The highest BCUT2D eigenvalue weighted by atomic mass is 35.5. The summed E-state index contributed by atoms with van der Waals surface area (Å²) in [5.74, 6) is 1.32. The van der Waals surface area contributed by atoms with Crippen molar-refractivity contribution in [1.82, 2.24) is 4.90 Å². The molecule has 2 heterocycles. The van der Waals surface area contributed by atoms with Crippen LogP contribution in [0.1, 0.15) is 29.0 Å². The molecule has 1 aromatic heterocycles. The number of nitrogens with two attached hydrogens (primary N) is 1. The van der Waals surface area contributed by atoms with Gasteiger partial charge < -0.3 is 20.1 Å². The summed E-state index contributed by atoms with van der Waals surface area (Å²) < 4.78 is 10.9. The van der Waals surface area contributed by atoms with E-state index in [0.717, 1.165) is 22.6 Å². The van der Waals surface area contributed by atoms with E-state index in [1.165, 1.54) is 5.56 Å². The lowest BCUT2D eigenvalue weighted by atomic mass is 9.90. The van der Waals surface area contributed by atoms with E-state index < -0.39 is 0 Å². The molecule has 2 atom stereocenters. The molecule has 0 saturated heterocycles. The Hall–Kier alpha value is -1.76. The third-order valence-corrected chi connectivity index (χ3v) is 5.67. The number of rotatable bonds is 5. The number of benzene rings is 1. The molecule has 5 nitrogen and oxygen atoms in total. The largest absolute Gasteiger partial charge is 0.493 e. The SMILES string of the molecule is COc1cc2c(cc1OC)C(c1cccs1)N(C(=O)C(C)CN)CC2.Cl. The number of hydrogen-bond donors (Lipinski definition) is 1. The second-order valence-electron chi connectivity index (χ2n) is 6.24. The molecular weight excluding hydrogens is 372 g/mol. The van der Waals surface area contributed by atoms with Crippen molar-refractivity contribution >= 4 is 29.7 Å². The van der Waals surface area contributed by atoms with Crippen molar-refractivity contribution < 1.29 is 14.3 Å². The van der Waals surface area contributed by atoms with Crippen LogP contribution in [0.4, 0.5) is 0 Å². The van der Waals surface area contributed by atoms with Gasteiger partial charge in [-0.15, -0.1) is 23.7 Å². The number of methoxy groups -OCH3 is 2. The monoisotopic (exact) mass is 396 g/mol. The van der Waals surface area contributed by atoms with Crippen LogP contribution in [0.15, 0.2) is 29.6 Å². The number of halogens is 1. The first-order chi connectivity index (χ1) is 12.1. The summed E-state index contributed by atoms with van der Waals surface area (Å²) in [6, 6.07) is 8.03. The summed E-state index contributed by atoms with van der Waals surface area (Å²) in [6.07, 6.45) is 0.792. The van der Waals surface area contributed by atoms with Gasteiger partial charge in [-0.05, 0) is 41.1 Å². The number of amides is 1. The molecule has 1 aromatic carbocycles. The van der Waals surface area contributed by atoms with E-state index in [9.17, 15) is 4.79 Å². The van der Waals surface area contributed by atoms with Crippen LogP contribution in [0, 0.1) is 5.92 Å². The van der Waals surface area contributed by atoms with E-state index in [2.05, 4.69) is 6.07 Å². The number of ether oxygens (including phenoxy) is 2. The molecule has 142 valence electrons. The Balaban J connectivity index is 0.00000243. The lowest BCUT2D eigenvalue weighted by Crippen LogP contribution is -2.44. The Morgan fingerprint density at radius 3 is 2.62 bits per heavy atom. The molecule has 2 aromatic rings. The van der Waals surface area contributed by atoms with Crippen LogP contribution in [0.5, 0.6) is 11.5 Å². The van der Waals surface area contributed by atoms with Crippen LogP contribution in [0.2, 0.25) is 0 Å². The molecule has 1 amide bonds. The fraction of sp³-hybridized carbons (Fsp3) is 0.421. The molecule has 0 fully saturated rings. The van der Waals surface area contributed by atoms with Crippen molar-refractivity contribution in [3.63, 3.8) is 0 Å². The predicted octanol–water partition coefficient (Wildman–Crippen LogP) is 3.26. The summed E-state index contributed by atoms with van der Waals surface area (Å²) in [4.78, 5) is 16.0. The van der Waals surface area contributed by atoms with Crippen LogP contribution >= 0.6 is 23.7 Å². The van der Waals surface area contributed by atoms with Gasteiger partial charge >= 0.3 is 0 Å². The first-order valence-corrected chi connectivity index (χ1v) is 9.27. The molecular formula is C19H25ClN2O3S. The number of carbonyl (C=O) groups is 1. The second kappa shape index (κ2) is 8.75. The number of carbonyl (C=O) groups excluding carboxylic acids is 1. The maximum absolute atomic E-state index is 12.9. The van der Waals surface area contributed by atoms with Gasteiger partial charge in [0.25, 0.3) is 0 Å². The molecule has 0 spiro atoms. The molecule has 0 radical (unpaired) electrons. The highest BCUT2D eigenvalue weighted by molar-refractivity contribution is 7.10. The van der Waals surface area contributed by atoms with E-state index in [-0.39, 0.29) is 30.3 Å². The van der Waals surface area contributed by atoms with Gasteiger partial charge in [-0.3, -0.25) is 4.79 Å². The highest BCUT2D eigenvalue weighted by Gasteiger charge is 2.35. The number of thiophene rings is 1. The van der Waals surface area contributed by atoms with Crippen molar-refractivity contribution in [2.24, 2.45) is 11.7 Å². The molecule has 2 N–H and O–H groups in total. The summed E-state index contributed by atoms with van der Waals surface area (Å²) in [5.41, 5.74) is 8.04. The fourth-order valence-electron chi connectivity index (χ4n) is 3.32. The Morgan fingerprint density at radius 2 is 2.04 bits per heavy atom. The van der Waals surface area contributed by atoms with Gasteiger partial charge in [-0.2, -0.15) is 0 Å². The number of fused-ring (bicyclic) bond motifs is 1. The van der Waals surface area contributed by atoms with E-state index >= 15 is 0 Å². The van der Waals surface area contributed by atoms with Gasteiger partial charge in [0.05, 0.1) is 20.3 Å². The molecule has 1 aliphatic rings. The molecule has 0 saturated carbocycles. The zero-order valence-corrected chi connectivity index (χ0v) is 16.9. The van der Waals surface area contributed by atoms with Crippen molar-refractivity contribution in [2.75, 3.05) is 27.3 Å². The topological polar surface area (TPSA) is 64.8 Å². The minimum atomic E-state index is -0.191. The van der Waals surface area contributed by atoms with E-state index in [1.54, 1.807) is 25.6 Å². The summed E-state index contributed by atoms with van der Waals surface area (Å²) in [7, 11) is 3.27. The van der Waals surface area contributed by atoms with Crippen LogP contribution < -0.4 is 15.2 Å². The molecule has 26 heavy (non-hydrogen) atoms. The number of nitrogens with zero attached hydrogens (tertiary/aromatic N) is 1. The van der Waals surface area contributed by atoms with E-state index in [1.807, 2.05) is 35.4 Å². The summed E-state index contributed by atoms with van der Waals surface area (Å²) in [6.45, 7) is 2.91. The molecule has 0 bridgehead atoms. The van der Waals surface area contributed by atoms with Crippen LogP contribution in [0.3, 0.4) is 0 Å². The molecule has 0 aliphatic carbocycles. The minimum absolute atomic E-state index is 0. The summed E-state index contributed by atoms with van der Waals surface area (Å²) in [5, 5.41) is 2.04. The number of hydrogen-bond acceptors (Lipinski definition) is 5. The van der Waals surface area contributed by atoms with Gasteiger partial charge in [-0.1, -0.05) is 13.0 Å². The normalized spacial score (nSPS) is 17.1. The highest BCUT2D eigenvalue weighted by Crippen LogP contribution is 2.42. The van der Waals surface area contributed by atoms with Gasteiger partial charge in [-0.25, -0.2) is 0 Å². The fourth-order valence-corrected chi connectivity index (χ4v) is 4.18. The first-order valence-electron chi connectivity index (χ1n) is 8.39. The second-order valence-corrected chi connectivity index (χ2v) is 7.22. The van der Waals surface area contributed by atoms with E-state index in [4.69, 9.17) is 15.2 Å². The molecule has 7 heteroatoms. The summed E-state index contributed by atoms with van der Waals surface area (Å²) >= 11 is 1.66. The van der Waals surface area contributed by atoms with Gasteiger partial charge in [0.15, 0.2) is 11.5 Å². The van der Waals surface area contributed by atoms with Gasteiger partial charge in [0.1, 0.15) is 0 Å². The van der Waals surface area contributed by atoms with E-state index in [0.29, 0.717) is 18.8 Å². The minimum Gasteiger partial charge on any atom is -0.493 e. The van der Waals surface area contributed by atoms with Crippen molar-refractivity contribution in [2.45, 2.75) is 19.4 Å². The maximum Gasteiger partial charge on any atom is 0.227 e. The quantitative estimate of drug-likeness (QED) is 0.842. The van der Waals surface area contributed by atoms with Crippen molar-refractivity contribution in [3.05, 3.63) is 45.6 Å². The molecule has 2 unspecified atom stereocenters. The van der Waals surface area contributed by atoms with Crippen molar-refractivity contribution in [3.8, 4) is 11.5 Å². The lowest BCUT2D eigenvalue weighted by molar-refractivity contribution is -0.136. The standard InChI is InChI=1S/C19H24N2O3S.ClH/c1-12(11-20)19(22)21-7-6-13-9-15(23-2)16(24-3)10-14(13)18(21)17-5-4-8-25-17;/h4-5,8-10,12,18H,6-7,11,20H2,1-3H3;1H.